The van der Waals surface area contributed by atoms with E-state index in [0.29, 0.717) is 12.3 Å². The van der Waals surface area contributed by atoms with E-state index in [1.165, 1.54) is 13.8 Å². The van der Waals surface area contributed by atoms with Gasteiger partial charge in [0.15, 0.2) is 0 Å². The quantitative estimate of drug-likeness (QED) is 0.149. The van der Waals surface area contributed by atoms with Crippen LogP contribution in [-0.2, 0) is 27.6 Å². The monoisotopic (exact) mass is 438 g/mol. The Balaban J connectivity index is 4.50. The number of thiol groups is 1. The Hall–Kier alpha value is -0.490. The first-order valence-corrected chi connectivity index (χ1v) is 10.9. The summed E-state index contributed by atoms with van der Waals surface area (Å²) in [7, 11) is -10.4. The van der Waals surface area contributed by atoms with E-state index in [-0.39, 0.29) is 18.9 Å². The van der Waals surface area contributed by atoms with Crippen molar-refractivity contribution in [1.29, 1.82) is 0 Å². The van der Waals surface area contributed by atoms with Crippen LogP contribution >= 0.6 is 28.3 Å². The van der Waals surface area contributed by atoms with Crippen molar-refractivity contribution in [1.82, 2.24) is 10.6 Å². The van der Waals surface area contributed by atoms with Crippen molar-refractivity contribution < 1.29 is 47.3 Å². The van der Waals surface area contributed by atoms with Crippen molar-refractivity contribution in [3.63, 3.8) is 0 Å². The summed E-state index contributed by atoms with van der Waals surface area (Å²) >= 11 is 3.92. The zero-order chi connectivity index (χ0) is 20.6. The summed E-state index contributed by atoms with van der Waals surface area (Å²) in [5.41, 5.74) is -1.41. The van der Waals surface area contributed by atoms with Crippen LogP contribution < -0.4 is 10.6 Å². The van der Waals surface area contributed by atoms with Crippen LogP contribution in [0.5, 0.6) is 0 Å². The van der Waals surface area contributed by atoms with Crippen molar-refractivity contribution in [3.05, 3.63) is 0 Å². The number of rotatable bonds is 12. The third-order valence-electron chi connectivity index (χ3n) is 2.88. The lowest BCUT2D eigenvalue weighted by molar-refractivity contribution is -0.137. The van der Waals surface area contributed by atoms with E-state index in [0.717, 1.165) is 0 Å². The van der Waals surface area contributed by atoms with Crippen molar-refractivity contribution in [2.75, 3.05) is 25.4 Å². The lowest BCUT2D eigenvalue weighted by Gasteiger charge is -2.29. The zero-order valence-electron chi connectivity index (χ0n) is 14.2. The third-order valence-corrected chi connectivity index (χ3v) is 5.24. The van der Waals surface area contributed by atoms with E-state index in [4.69, 9.17) is 9.79 Å². The topological polar surface area (TPSA) is 192 Å². The number of hydrogen-bond acceptors (Lipinski definition) is 8. The Morgan fingerprint density at radius 1 is 1.15 bits per heavy atom. The van der Waals surface area contributed by atoms with E-state index in [1.807, 2.05) is 0 Å². The van der Waals surface area contributed by atoms with Gasteiger partial charge in [0, 0.05) is 30.7 Å². The summed E-state index contributed by atoms with van der Waals surface area (Å²) in [5, 5.41) is 14.9. The largest absolute Gasteiger partial charge is 0.481 e. The highest BCUT2D eigenvalue weighted by atomic mass is 32.1. The molecule has 6 N–H and O–H groups in total. The maximum Gasteiger partial charge on any atom is 0.481 e. The van der Waals surface area contributed by atoms with E-state index in [2.05, 4.69) is 32.1 Å². The predicted molar refractivity (Wildman–Crippen MR) is 93.2 cm³/mol. The predicted octanol–water partition coefficient (Wildman–Crippen LogP) is -0.848. The molecule has 0 heterocycles. The first kappa shape index (κ1) is 25.5. The van der Waals surface area contributed by atoms with Gasteiger partial charge < -0.3 is 30.4 Å². The van der Waals surface area contributed by atoms with Crippen LogP contribution in [0.4, 0.5) is 0 Å². The molecule has 1 unspecified atom stereocenters. The summed E-state index contributed by atoms with van der Waals surface area (Å²) in [5.74, 6) is -0.706. The highest BCUT2D eigenvalue weighted by Crippen LogP contribution is 2.58. The smallest absolute Gasteiger partial charge is 0.383 e. The molecule has 26 heavy (non-hydrogen) atoms. The van der Waals surface area contributed by atoms with Crippen molar-refractivity contribution in [2.45, 2.75) is 26.4 Å². The fraction of sp³-hybridized carbons (Fsp3) is 0.818. The molecule has 0 aliphatic rings. The minimum atomic E-state index is -5.27. The van der Waals surface area contributed by atoms with E-state index < -0.39 is 39.7 Å². The Kier molecular flexibility index (Phi) is 10.5. The zero-order valence-corrected chi connectivity index (χ0v) is 16.9. The van der Waals surface area contributed by atoms with Crippen LogP contribution in [-0.4, -0.2) is 63.2 Å². The van der Waals surface area contributed by atoms with Gasteiger partial charge in [-0.2, -0.15) is 16.9 Å². The van der Waals surface area contributed by atoms with E-state index in [1.54, 1.807) is 0 Å². The molecule has 0 fully saturated rings. The number of hydrogen-bond donors (Lipinski definition) is 7. The second-order valence-electron chi connectivity index (χ2n) is 5.82. The molecule has 12 nitrogen and oxygen atoms in total. The Morgan fingerprint density at radius 2 is 1.73 bits per heavy atom. The number of amides is 2. The minimum absolute atomic E-state index is 0.0227. The summed E-state index contributed by atoms with van der Waals surface area (Å²) in [6.45, 7) is 2.23. The van der Waals surface area contributed by atoms with Gasteiger partial charge in [-0.15, -0.1) is 0 Å². The summed E-state index contributed by atoms with van der Waals surface area (Å²) in [6, 6.07) is 0. The van der Waals surface area contributed by atoms with Crippen LogP contribution in [0.25, 0.3) is 0 Å². The fourth-order valence-electron chi connectivity index (χ4n) is 1.52. The van der Waals surface area contributed by atoms with Gasteiger partial charge in [0.1, 0.15) is 6.10 Å². The molecule has 154 valence electrons. The maximum absolute atomic E-state index is 11.9. The van der Waals surface area contributed by atoms with Crippen LogP contribution in [0.3, 0.4) is 0 Å². The molecule has 0 aromatic carbocycles. The molecule has 0 rings (SSSR count). The molecule has 2 atom stereocenters. The van der Waals surface area contributed by atoms with Crippen LogP contribution in [0.1, 0.15) is 20.3 Å². The van der Waals surface area contributed by atoms with Gasteiger partial charge in [0.25, 0.3) is 0 Å². The minimum Gasteiger partial charge on any atom is -0.383 e. The van der Waals surface area contributed by atoms with Crippen LogP contribution in [0.2, 0.25) is 0 Å². The lowest BCUT2D eigenvalue weighted by atomic mass is 9.87. The molecular formula is C11H24N2O10P2S. The number of carbonyl (C=O) groups is 2. The second kappa shape index (κ2) is 10.7. The van der Waals surface area contributed by atoms with Gasteiger partial charge in [0.2, 0.25) is 11.8 Å². The van der Waals surface area contributed by atoms with Crippen LogP contribution in [0.15, 0.2) is 0 Å². The van der Waals surface area contributed by atoms with E-state index >= 15 is 0 Å². The molecule has 15 heteroatoms. The van der Waals surface area contributed by atoms with Crippen molar-refractivity contribution in [2.24, 2.45) is 5.41 Å². The van der Waals surface area contributed by atoms with Gasteiger partial charge in [-0.25, -0.2) is 9.13 Å². The highest BCUT2D eigenvalue weighted by molar-refractivity contribution is 7.80. The van der Waals surface area contributed by atoms with Crippen molar-refractivity contribution >= 4 is 40.1 Å². The molecule has 0 spiro atoms. The SMILES string of the molecule is CC(C)(COP(=O)(O)OP(=O)(O)O)[C@@H](O)C(=O)NCCC(=O)NCCS. The number of nitrogens with one attached hydrogen (secondary N) is 2. The number of phosphoric acid groups is 2. The van der Waals surface area contributed by atoms with Gasteiger partial charge in [-0.1, -0.05) is 13.8 Å². The van der Waals surface area contributed by atoms with Crippen LogP contribution in [0, 0.1) is 5.41 Å². The molecule has 0 aromatic rings. The molecular weight excluding hydrogens is 414 g/mol. The molecule has 2 amide bonds. The van der Waals surface area contributed by atoms with Gasteiger partial charge in [-0.3, -0.25) is 14.1 Å². The van der Waals surface area contributed by atoms with Gasteiger partial charge >= 0.3 is 15.6 Å². The van der Waals surface area contributed by atoms with Gasteiger partial charge in [0.05, 0.1) is 6.61 Å². The van der Waals surface area contributed by atoms with Gasteiger partial charge in [-0.05, 0) is 0 Å². The number of aliphatic hydroxyl groups is 1. The summed E-state index contributed by atoms with van der Waals surface area (Å²) in [6.07, 6.45) is -1.72. The summed E-state index contributed by atoms with van der Waals surface area (Å²) in [4.78, 5) is 49.5. The van der Waals surface area contributed by atoms with E-state index in [9.17, 15) is 28.7 Å². The fourth-order valence-corrected chi connectivity index (χ4v) is 3.39. The third kappa shape index (κ3) is 11.3. The molecule has 0 aromatic heterocycles. The Bertz CT molecular complexity index is 581. The average Bonchev–Trinajstić information content (AvgIpc) is 2.48. The number of carbonyl (C=O) groups excluding carboxylic acids is 2. The molecule has 0 aliphatic carbocycles. The molecule has 0 radical (unpaired) electrons. The molecule has 0 saturated carbocycles. The maximum atomic E-state index is 11.9. The second-order valence-corrected chi connectivity index (χ2v) is 9.10. The molecule has 0 saturated heterocycles. The first-order chi connectivity index (χ1) is 11.7. The normalized spacial score (nSPS) is 15.8. The Labute approximate surface area is 155 Å². The number of phosphoric ester groups is 1. The number of aliphatic hydroxyl groups excluding tert-OH is 1. The highest BCUT2D eigenvalue weighted by Gasteiger charge is 2.39. The standard InChI is InChI=1S/C11H24N2O10P2S/c1-11(2,7-22-25(20,21)23-24(17,18)19)9(15)10(16)13-4-3-8(14)12-5-6-26/h9,15,26H,3-7H2,1-2H3,(H,12,14)(H,13,16)(H,20,21)(H2,17,18,19)/t9-/m0/s1. The lowest BCUT2D eigenvalue weighted by Crippen LogP contribution is -2.46. The average molecular weight is 438 g/mol. The molecule has 0 bridgehead atoms. The van der Waals surface area contributed by atoms with Crippen molar-refractivity contribution in [3.8, 4) is 0 Å². The first-order valence-electron chi connectivity index (χ1n) is 7.28. The molecule has 0 aliphatic heterocycles. The Morgan fingerprint density at radius 3 is 2.23 bits per heavy atom. The summed E-state index contributed by atoms with van der Waals surface area (Å²) < 4.78 is 30.0.